The van der Waals surface area contributed by atoms with Crippen LogP contribution >= 0.6 is 11.8 Å². The maximum atomic E-state index is 13.7. The molecule has 1 aromatic carbocycles. The largest absolute Gasteiger partial charge is 0.371 e. The molecule has 114 valence electrons. The van der Waals surface area contributed by atoms with E-state index in [1.807, 2.05) is 26.8 Å². The Morgan fingerprint density at radius 2 is 2.10 bits per heavy atom. The Labute approximate surface area is 128 Å². The van der Waals surface area contributed by atoms with Gasteiger partial charge in [0.05, 0.1) is 5.75 Å². The lowest BCUT2D eigenvalue weighted by atomic mass is 10.1. The quantitative estimate of drug-likeness (QED) is 0.763. The fraction of sp³-hybridized carbons (Fsp3) is 0.467. The standard InChI is InChI=1S/C15H19FN2O2S/c1-4-19-10(2)15-17-14(20-18-15)9-21-11(3)12-7-5-6-8-13(12)16/h5-8,10-11H,4,9H2,1-3H3/t10-,11-/m1/s1. The predicted molar refractivity (Wildman–Crippen MR) is 80.4 cm³/mol. The molecule has 0 unspecified atom stereocenters. The minimum absolute atomic E-state index is 0.0193. The van der Waals surface area contributed by atoms with Gasteiger partial charge in [-0.2, -0.15) is 4.98 Å². The van der Waals surface area contributed by atoms with E-state index >= 15 is 0 Å². The van der Waals surface area contributed by atoms with E-state index in [4.69, 9.17) is 9.26 Å². The van der Waals surface area contributed by atoms with E-state index in [2.05, 4.69) is 10.1 Å². The molecule has 6 heteroatoms. The summed E-state index contributed by atoms with van der Waals surface area (Å²) in [6, 6.07) is 6.80. The molecular weight excluding hydrogens is 291 g/mol. The second kappa shape index (κ2) is 7.56. The minimum Gasteiger partial charge on any atom is -0.371 e. The summed E-state index contributed by atoms with van der Waals surface area (Å²) in [5, 5.41) is 3.92. The van der Waals surface area contributed by atoms with E-state index in [9.17, 15) is 4.39 Å². The van der Waals surface area contributed by atoms with E-state index in [0.717, 1.165) is 0 Å². The molecule has 0 saturated carbocycles. The summed E-state index contributed by atoms with van der Waals surface area (Å²) in [4.78, 5) is 4.30. The van der Waals surface area contributed by atoms with Crippen molar-refractivity contribution >= 4 is 11.8 Å². The van der Waals surface area contributed by atoms with Crippen LogP contribution in [0, 0.1) is 5.82 Å². The number of nitrogens with zero attached hydrogens (tertiary/aromatic N) is 2. The number of benzene rings is 1. The van der Waals surface area contributed by atoms with Crippen LogP contribution in [-0.4, -0.2) is 16.7 Å². The zero-order valence-corrected chi connectivity index (χ0v) is 13.2. The molecule has 0 saturated heterocycles. The van der Waals surface area contributed by atoms with Gasteiger partial charge in [0, 0.05) is 17.4 Å². The molecule has 1 aromatic heterocycles. The topological polar surface area (TPSA) is 48.2 Å². The van der Waals surface area contributed by atoms with E-state index < -0.39 is 0 Å². The van der Waals surface area contributed by atoms with Gasteiger partial charge in [-0.25, -0.2) is 4.39 Å². The molecule has 0 aliphatic carbocycles. The fourth-order valence-corrected chi connectivity index (χ4v) is 2.79. The first-order valence-electron chi connectivity index (χ1n) is 6.92. The van der Waals surface area contributed by atoms with E-state index in [-0.39, 0.29) is 17.2 Å². The Morgan fingerprint density at radius 3 is 2.81 bits per heavy atom. The second-order valence-corrected chi connectivity index (χ2v) is 5.95. The minimum atomic E-state index is -0.186. The summed E-state index contributed by atoms with van der Waals surface area (Å²) in [7, 11) is 0. The van der Waals surface area contributed by atoms with Gasteiger partial charge in [0.15, 0.2) is 5.82 Å². The second-order valence-electron chi connectivity index (χ2n) is 4.62. The number of aromatic nitrogens is 2. The summed E-state index contributed by atoms with van der Waals surface area (Å²) < 4.78 is 24.3. The highest BCUT2D eigenvalue weighted by Gasteiger charge is 2.16. The van der Waals surface area contributed by atoms with Gasteiger partial charge < -0.3 is 9.26 Å². The van der Waals surface area contributed by atoms with Crippen molar-refractivity contribution in [1.82, 2.24) is 10.1 Å². The predicted octanol–water partition coefficient (Wildman–Crippen LogP) is 4.30. The van der Waals surface area contributed by atoms with E-state index in [1.54, 1.807) is 23.9 Å². The molecule has 0 N–H and O–H groups in total. The lowest BCUT2D eigenvalue weighted by Gasteiger charge is -2.10. The number of halogens is 1. The normalized spacial score (nSPS) is 14.1. The molecule has 2 aromatic rings. The summed E-state index contributed by atoms with van der Waals surface area (Å²) in [5.41, 5.74) is 0.685. The van der Waals surface area contributed by atoms with Crippen molar-refractivity contribution < 1.29 is 13.7 Å². The highest BCUT2D eigenvalue weighted by molar-refractivity contribution is 7.98. The number of rotatable bonds is 7. The lowest BCUT2D eigenvalue weighted by Crippen LogP contribution is -2.01. The van der Waals surface area contributed by atoms with Crippen LogP contribution in [0.2, 0.25) is 0 Å². The van der Waals surface area contributed by atoms with Crippen LogP contribution < -0.4 is 0 Å². The van der Waals surface area contributed by atoms with Crippen molar-refractivity contribution in [2.45, 2.75) is 37.9 Å². The van der Waals surface area contributed by atoms with Gasteiger partial charge in [-0.3, -0.25) is 0 Å². The SMILES string of the molecule is CCO[C@H](C)c1noc(CS[C@H](C)c2ccccc2F)n1. The molecule has 0 radical (unpaired) electrons. The highest BCUT2D eigenvalue weighted by Crippen LogP contribution is 2.32. The summed E-state index contributed by atoms with van der Waals surface area (Å²) in [6.45, 7) is 6.37. The first-order chi connectivity index (χ1) is 10.1. The van der Waals surface area contributed by atoms with Crippen molar-refractivity contribution in [3.05, 3.63) is 47.4 Å². The molecular formula is C15H19FN2O2S. The highest BCUT2D eigenvalue weighted by atomic mass is 32.2. The van der Waals surface area contributed by atoms with Gasteiger partial charge in [0.25, 0.3) is 0 Å². The average molecular weight is 310 g/mol. The number of hydrogen-bond donors (Lipinski definition) is 0. The zero-order chi connectivity index (χ0) is 15.2. The molecule has 0 aliphatic rings. The average Bonchev–Trinajstić information content (AvgIpc) is 2.94. The Balaban J connectivity index is 1.93. The van der Waals surface area contributed by atoms with Crippen LogP contribution in [0.5, 0.6) is 0 Å². The fourth-order valence-electron chi connectivity index (χ4n) is 1.91. The van der Waals surface area contributed by atoms with Gasteiger partial charge in [0.1, 0.15) is 11.9 Å². The Kier molecular flexibility index (Phi) is 5.76. The summed E-state index contributed by atoms with van der Waals surface area (Å²) >= 11 is 1.56. The van der Waals surface area contributed by atoms with Crippen molar-refractivity contribution in [2.75, 3.05) is 6.61 Å². The van der Waals surface area contributed by atoms with Crippen LogP contribution in [0.15, 0.2) is 28.8 Å². The van der Waals surface area contributed by atoms with Crippen molar-refractivity contribution in [3.8, 4) is 0 Å². The van der Waals surface area contributed by atoms with Crippen LogP contribution in [0.25, 0.3) is 0 Å². The van der Waals surface area contributed by atoms with Crippen LogP contribution in [0.3, 0.4) is 0 Å². The van der Waals surface area contributed by atoms with E-state index in [1.165, 1.54) is 6.07 Å². The maximum absolute atomic E-state index is 13.7. The number of hydrogen-bond acceptors (Lipinski definition) is 5. The summed E-state index contributed by atoms with van der Waals surface area (Å²) in [6.07, 6.45) is -0.179. The molecule has 0 aliphatic heterocycles. The lowest BCUT2D eigenvalue weighted by molar-refractivity contribution is 0.0683. The smallest absolute Gasteiger partial charge is 0.236 e. The molecule has 0 spiro atoms. The van der Waals surface area contributed by atoms with Gasteiger partial charge in [-0.15, -0.1) is 11.8 Å². The molecule has 0 bridgehead atoms. The molecule has 4 nitrogen and oxygen atoms in total. The third-order valence-electron chi connectivity index (χ3n) is 3.06. The maximum Gasteiger partial charge on any atom is 0.236 e. The Morgan fingerprint density at radius 1 is 1.33 bits per heavy atom. The monoisotopic (exact) mass is 310 g/mol. The van der Waals surface area contributed by atoms with Crippen LogP contribution in [0.1, 0.15) is 49.4 Å². The zero-order valence-electron chi connectivity index (χ0n) is 12.4. The molecule has 0 fully saturated rings. The van der Waals surface area contributed by atoms with E-state index in [0.29, 0.717) is 29.6 Å². The van der Waals surface area contributed by atoms with Crippen molar-refractivity contribution in [3.63, 3.8) is 0 Å². The third-order valence-corrected chi connectivity index (χ3v) is 4.23. The third kappa shape index (κ3) is 4.28. The van der Waals surface area contributed by atoms with Crippen molar-refractivity contribution in [1.29, 1.82) is 0 Å². The molecule has 1 heterocycles. The molecule has 2 rings (SSSR count). The molecule has 0 amide bonds. The molecule has 21 heavy (non-hydrogen) atoms. The summed E-state index contributed by atoms with van der Waals surface area (Å²) in [5.74, 6) is 1.44. The van der Waals surface area contributed by atoms with Gasteiger partial charge in [-0.05, 0) is 26.8 Å². The van der Waals surface area contributed by atoms with Crippen molar-refractivity contribution in [2.24, 2.45) is 0 Å². The first kappa shape index (κ1) is 16.0. The first-order valence-corrected chi connectivity index (χ1v) is 7.96. The van der Waals surface area contributed by atoms with Gasteiger partial charge in [0.2, 0.25) is 5.89 Å². The molecule has 2 atom stereocenters. The number of ether oxygens (including phenoxy) is 1. The Bertz CT molecular complexity index is 576. The van der Waals surface area contributed by atoms with Crippen LogP contribution in [0.4, 0.5) is 4.39 Å². The Hall–Kier alpha value is -1.40. The van der Waals surface area contributed by atoms with Crippen LogP contribution in [-0.2, 0) is 10.5 Å². The van der Waals surface area contributed by atoms with Gasteiger partial charge >= 0.3 is 0 Å². The van der Waals surface area contributed by atoms with Gasteiger partial charge in [-0.1, -0.05) is 23.4 Å². The number of thioether (sulfide) groups is 1.